The van der Waals surface area contributed by atoms with Gasteiger partial charge in [0.2, 0.25) is 5.89 Å². The summed E-state index contributed by atoms with van der Waals surface area (Å²) >= 11 is 0. The molecule has 1 aliphatic heterocycles. The minimum atomic E-state index is -0.962. The Balaban J connectivity index is 1.77. The van der Waals surface area contributed by atoms with Crippen LogP contribution in [0.4, 0.5) is 4.39 Å². The highest BCUT2D eigenvalue weighted by molar-refractivity contribution is 4.81. The van der Waals surface area contributed by atoms with Crippen LogP contribution in [0.15, 0.2) is 4.52 Å². The van der Waals surface area contributed by atoms with Crippen molar-refractivity contribution in [2.75, 3.05) is 6.54 Å². The number of alkyl halides is 1. The minimum Gasteiger partial charge on any atom is -0.370 e. The maximum Gasteiger partial charge on any atom is 0.223 e. The molecule has 0 unspecified atom stereocenters. The van der Waals surface area contributed by atoms with Gasteiger partial charge in [-0.15, -0.1) is 0 Å². The molecule has 2 rings (SSSR count). The predicted octanol–water partition coefficient (Wildman–Crippen LogP) is 0.942. The molecule has 6 heteroatoms. The van der Waals surface area contributed by atoms with E-state index in [1.807, 2.05) is 0 Å². The van der Waals surface area contributed by atoms with Gasteiger partial charge in [-0.05, 0) is 6.42 Å². The molecule has 0 amide bonds. The second-order valence-electron chi connectivity index (χ2n) is 3.61. The van der Waals surface area contributed by atoms with Gasteiger partial charge in [0, 0.05) is 19.9 Å². The lowest BCUT2D eigenvalue weighted by atomic mass is 10.1. The van der Waals surface area contributed by atoms with E-state index in [1.54, 1.807) is 6.92 Å². The summed E-state index contributed by atoms with van der Waals surface area (Å²) in [4.78, 5) is 4.00. The monoisotopic (exact) mass is 215 g/mol. The largest absolute Gasteiger partial charge is 0.370 e. The Labute approximate surface area is 87.0 Å². The molecule has 2 atom stereocenters. The molecule has 0 bridgehead atoms. The standard InChI is InChI=1S/C9H14FN3O2/c1-6-12-9(13-15-6)5-14-7-2-3-11-8(10)4-7/h7-8,11H,2-5H2,1H3/t7-,8+/m0/s1. The normalized spacial score (nSPS) is 26.8. The van der Waals surface area contributed by atoms with Crippen molar-refractivity contribution in [3.8, 4) is 0 Å². The molecule has 1 saturated heterocycles. The summed E-state index contributed by atoms with van der Waals surface area (Å²) in [6.45, 7) is 2.66. The van der Waals surface area contributed by atoms with E-state index in [4.69, 9.17) is 9.26 Å². The molecule has 84 valence electrons. The lowest BCUT2D eigenvalue weighted by Gasteiger charge is -2.25. The van der Waals surface area contributed by atoms with Crippen LogP contribution in [0, 0.1) is 6.92 Å². The number of hydrogen-bond donors (Lipinski definition) is 1. The highest BCUT2D eigenvalue weighted by Gasteiger charge is 2.21. The number of aromatic nitrogens is 2. The summed E-state index contributed by atoms with van der Waals surface area (Å²) in [6.07, 6.45) is 0.185. The van der Waals surface area contributed by atoms with Crippen LogP contribution in [-0.4, -0.2) is 29.1 Å². The van der Waals surface area contributed by atoms with Crippen LogP contribution < -0.4 is 5.32 Å². The minimum absolute atomic E-state index is 0.0555. The Hall–Kier alpha value is -1.01. The van der Waals surface area contributed by atoms with Crippen LogP contribution >= 0.6 is 0 Å². The van der Waals surface area contributed by atoms with Crippen LogP contribution in [0.2, 0.25) is 0 Å². The number of nitrogens with zero attached hydrogens (tertiary/aromatic N) is 2. The molecule has 1 aromatic rings. The lowest BCUT2D eigenvalue weighted by molar-refractivity contribution is -0.0101. The first kappa shape index (κ1) is 10.5. The number of halogens is 1. The van der Waals surface area contributed by atoms with Gasteiger partial charge in [0.1, 0.15) is 6.61 Å². The second kappa shape index (κ2) is 4.67. The van der Waals surface area contributed by atoms with Crippen molar-refractivity contribution < 1.29 is 13.7 Å². The molecule has 1 N–H and O–H groups in total. The quantitative estimate of drug-likeness (QED) is 0.760. The van der Waals surface area contributed by atoms with Gasteiger partial charge in [0.05, 0.1) is 6.10 Å². The number of aryl methyl sites for hydroxylation is 1. The molecule has 15 heavy (non-hydrogen) atoms. The topological polar surface area (TPSA) is 60.2 Å². The van der Waals surface area contributed by atoms with E-state index in [0.717, 1.165) is 6.42 Å². The fraction of sp³-hybridized carbons (Fsp3) is 0.778. The molecule has 2 heterocycles. The Morgan fingerprint density at radius 1 is 1.67 bits per heavy atom. The van der Waals surface area contributed by atoms with Gasteiger partial charge in [0.25, 0.3) is 0 Å². The Morgan fingerprint density at radius 2 is 2.53 bits per heavy atom. The summed E-state index contributed by atoms with van der Waals surface area (Å²) in [5.41, 5.74) is 0. The molecular formula is C9H14FN3O2. The van der Waals surface area contributed by atoms with Crippen molar-refractivity contribution in [1.82, 2.24) is 15.5 Å². The molecule has 0 radical (unpaired) electrons. The van der Waals surface area contributed by atoms with E-state index in [1.165, 1.54) is 0 Å². The first-order valence-corrected chi connectivity index (χ1v) is 5.02. The van der Waals surface area contributed by atoms with Gasteiger partial charge in [-0.1, -0.05) is 5.16 Å². The van der Waals surface area contributed by atoms with Crippen molar-refractivity contribution >= 4 is 0 Å². The molecule has 5 nitrogen and oxygen atoms in total. The zero-order chi connectivity index (χ0) is 10.7. The first-order valence-electron chi connectivity index (χ1n) is 5.02. The van der Waals surface area contributed by atoms with Crippen molar-refractivity contribution in [3.63, 3.8) is 0 Å². The van der Waals surface area contributed by atoms with E-state index < -0.39 is 6.30 Å². The number of rotatable bonds is 3. The van der Waals surface area contributed by atoms with Crippen LogP contribution in [0.1, 0.15) is 24.6 Å². The van der Waals surface area contributed by atoms with Gasteiger partial charge in [-0.2, -0.15) is 4.98 Å². The van der Waals surface area contributed by atoms with E-state index in [9.17, 15) is 4.39 Å². The summed E-state index contributed by atoms with van der Waals surface area (Å²) in [6, 6.07) is 0. The number of hydrogen-bond acceptors (Lipinski definition) is 5. The van der Waals surface area contributed by atoms with Crippen LogP contribution in [-0.2, 0) is 11.3 Å². The van der Waals surface area contributed by atoms with Crippen molar-refractivity contribution in [1.29, 1.82) is 0 Å². The third kappa shape index (κ3) is 2.97. The molecule has 0 spiro atoms. The summed E-state index contributed by atoms with van der Waals surface area (Å²) < 4.78 is 23.2. The summed E-state index contributed by atoms with van der Waals surface area (Å²) in [5.74, 6) is 1.03. The maximum absolute atomic E-state index is 12.9. The lowest BCUT2D eigenvalue weighted by Crippen LogP contribution is -2.38. The Bertz CT molecular complexity index is 318. The van der Waals surface area contributed by atoms with E-state index in [2.05, 4.69) is 15.5 Å². The van der Waals surface area contributed by atoms with E-state index in [0.29, 0.717) is 24.7 Å². The van der Waals surface area contributed by atoms with Crippen LogP contribution in [0.25, 0.3) is 0 Å². The number of nitrogens with one attached hydrogen (secondary N) is 1. The van der Waals surface area contributed by atoms with Gasteiger partial charge >= 0.3 is 0 Å². The smallest absolute Gasteiger partial charge is 0.223 e. The number of piperidine rings is 1. The summed E-state index contributed by atoms with van der Waals surface area (Å²) in [5, 5.41) is 6.42. The Morgan fingerprint density at radius 3 is 3.20 bits per heavy atom. The second-order valence-corrected chi connectivity index (χ2v) is 3.61. The fourth-order valence-electron chi connectivity index (χ4n) is 1.58. The maximum atomic E-state index is 12.9. The highest BCUT2D eigenvalue weighted by Crippen LogP contribution is 2.14. The molecule has 1 fully saturated rings. The zero-order valence-electron chi connectivity index (χ0n) is 8.57. The van der Waals surface area contributed by atoms with Gasteiger partial charge in [-0.25, -0.2) is 4.39 Å². The van der Waals surface area contributed by atoms with Gasteiger partial charge < -0.3 is 9.26 Å². The zero-order valence-corrected chi connectivity index (χ0v) is 8.57. The number of ether oxygens (including phenoxy) is 1. The van der Waals surface area contributed by atoms with Crippen LogP contribution in [0.5, 0.6) is 0 Å². The van der Waals surface area contributed by atoms with E-state index in [-0.39, 0.29) is 12.7 Å². The molecule has 1 aliphatic rings. The molecule has 0 aromatic carbocycles. The molecule has 0 aliphatic carbocycles. The third-order valence-corrected chi connectivity index (χ3v) is 2.32. The first-order chi connectivity index (χ1) is 7.24. The summed E-state index contributed by atoms with van der Waals surface area (Å²) in [7, 11) is 0. The average molecular weight is 215 g/mol. The molecule has 0 saturated carbocycles. The fourth-order valence-corrected chi connectivity index (χ4v) is 1.58. The van der Waals surface area contributed by atoms with Gasteiger partial charge in [-0.3, -0.25) is 5.32 Å². The highest BCUT2D eigenvalue weighted by atomic mass is 19.1. The Kier molecular flexibility index (Phi) is 3.27. The van der Waals surface area contributed by atoms with Crippen molar-refractivity contribution in [3.05, 3.63) is 11.7 Å². The van der Waals surface area contributed by atoms with Crippen molar-refractivity contribution in [2.45, 2.75) is 38.8 Å². The van der Waals surface area contributed by atoms with Gasteiger partial charge in [0.15, 0.2) is 12.1 Å². The van der Waals surface area contributed by atoms with Crippen molar-refractivity contribution in [2.24, 2.45) is 0 Å². The van der Waals surface area contributed by atoms with Crippen LogP contribution in [0.3, 0.4) is 0 Å². The molecule has 1 aromatic heterocycles. The van der Waals surface area contributed by atoms with E-state index >= 15 is 0 Å². The molecular weight excluding hydrogens is 201 g/mol. The third-order valence-electron chi connectivity index (χ3n) is 2.32. The average Bonchev–Trinajstić information content (AvgIpc) is 2.62. The SMILES string of the molecule is Cc1nc(CO[C@H]2CCN[C@@H](F)C2)no1. The predicted molar refractivity (Wildman–Crippen MR) is 49.7 cm³/mol.